The van der Waals surface area contributed by atoms with Crippen LogP contribution < -0.4 is 9.04 Å². The lowest BCUT2D eigenvalue weighted by Gasteiger charge is -2.30. The molecular formula is C17H26N2O5S2. The van der Waals surface area contributed by atoms with Gasteiger partial charge in [-0.15, -0.1) is 0 Å². The van der Waals surface area contributed by atoms with Crippen LogP contribution in [0, 0.1) is 0 Å². The molecule has 0 saturated carbocycles. The predicted molar refractivity (Wildman–Crippen MR) is 101 cm³/mol. The van der Waals surface area contributed by atoms with Crippen molar-refractivity contribution < 1.29 is 21.6 Å². The Bertz CT molecular complexity index is 846. The van der Waals surface area contributed by atoms with Gasteiger partial charge in [0.25, 0.3) is 0 Å². The van der Waals surface area contributed by atoms with Gasteiger partial charge in [0.2, 0.25) is 20.0 Å². The summed E-state index contributed by atoms with van der Waals surface area (Å²) in [6.07, 6.45) is 4.10. The maximum Gasteiger partial charge on any atom is 0.246 e. The molecule has 0 spiro atoms. The molecule has 0 N–H and O–H groups in total. The van der Waals surface area contributed by atoms with Crippen LogP contribution in [-0.2, 0) is 20.0 Å². The SMILES string of the molecule is CCOc1ccc(N2CCCCS2(=O)=O)cc1S(=O)(=O)N1CCCCC1. The van der Waals surface area contributed by atoms with Crippen molar-refractivity contribution in [2.75, 3.05) is 36.3 Å². The summed E-state index contributed by atoms with van der Waals surface area (Å²) in [5, 5.41) is 0. The highest BCUT2D eigenvalue weighted by Gasteiger charge is 2.32. The first-order valence-electron chi connectivity index (χ1n) is 9.13. The highest BCUT2D eigenvalue weighted by molar-refractivity contribution is 7.92. The van der Waals surface area contributed by atoms with E-state index in [0.717, 1.165) is 25.7 Å². The van der Waals surface area contributed by atoms with Crippen molar-refractivity contribution in [2.45, 2.75) is 43.9 Å². The quantitative estimate of drug-likeness (QED) is 0.754. The zero-order chi connectivity index (χ0) is 18.8. The zero-order valence-corrected chi connectivity index (χ0v) is 16.7. The molecule has 2 saturated heterocycles. The molecule has 146 valence electrons. The molecule has 2 aliphatic rings. The van der Waals surface area contributed by atoms with Gasteiger partial charge in [-0.3, -0.25) is 4.31 Å². The second-order valence-corrected chi connectivity index (χ2v) is 10.5. The van der Waals surface area contributed by atoms with E-state index in [1.165, 1.54) is 14.7 Å². The number of nitrogens with zero attached hydrogens (tertiary/aromatic N) is 2. The molecule has 0 amide bonds. The van der Waals surface area contributed by atoms with Crippen LogP contribution in [0.2, 0.25) is 0 Å². The summed E-state index contributed by atoms with van der Waals surface area (Å²) in [4.78, 5) is 0.0551. The second-order valence-electron chi connectivity index (χ2n) is 6.62. The summed E-state index contributed by atoms with van der Waals surface area (Å²) in [5.41, 5.74) is 0.392. The molecule has 0 bridgehead atoms. The van der Waals surface area contributed by atoms with Crippen molar-refractivity contribution in [1.29, 1.82) is 0 Å². The number of hydrogen-bond acceptors (Lipinski definition) is 5. The Hall–Kier alpha value is -1.32. The van der Waals surface area contributed by atoms with Crippen molar-refractivity contribution in [3.63, 3.8) is 0 Å². The van der Waals surface area contributed by atoms with Crippen molar-refractivity contribution in [3.8, 4) is 5.75 Å². The standard InChI is InChI=1S/C17H26N2O5S2/c1-2-24-16-9-8-15(19-12-6-7-13-25(19,20)21)14-17(16)26(22,23)18-10-4-3-5-11-18/h8-9,14H,2-7,10-13H2,1H3. The molecule has 1 aromatic carbocycles. The van der Waals surface area contributed by atoms with Crippen LogP contribution in [0.15, 0.2) is 23.1 Å². The topological polar surface area (TPSA) is 84.0 Å². The molecule has 2 fully saturated rings. The summed E-state index contributed by atoms with van der Waals surface area (Å²) in [7, 11) is -7.13. The number of benzene rings is 1. The highest BCUT2D eigenvalue weighted by Crippen LogP contribution is 2.34. The third kappa shape index (κ3) is 3.84. The molecule has 9 heteroatoms. The predicted octanol–water partition coefficient (Wildman–Crippen LogP) is 2.19. The minimum atomic E-state index is -3.73. The first-order chi connectivity index (χ1) is 12.4. The van der Waals surface area contributed by atoms with Crippen LogP contribution in [0.5, 0.6) is 5.75 Å². The van der Waals surface area contributed by atoms with Gasteiger partial charge in [0.05, 0.1) is 18.0 Å². The highest BCUT2D eigenvalue weighted by atomic mass is 32.2. The fourth-order valence-electron chi connectivity index (χ4n) is 3.45. The Kier molecular flexibility index (Phi) is 5.78. The lowest BCUT2D eigenvalue weighted by molar-refractivity contribution is 0.323. The van der Waals surface area contributed by atoms with E-state index in [1.54, 1.807) is 19.1 Å². The van der Waals surface area contributed by atoms with E-state index in [0.29, 0.717) is 38.3 Å². The number of anilines is 1. The van der Waals surface area contributed by atoms with Crippen LogP contribution in [0.25, 0.3) is 0 Å². The molecule has 2 heterocycles. The minimum absolute atomic E-state index is 0.0551. The van der Waals surface area contributed by atoms with Crippen LogP contribution >= 0.6 is 0 Å². The van der Waals surface area contributed by atoms with Gasteiger partial charge in [-0.25, -0.2) is 16.8 Å². The van der Waals surface area contributed by atoms with Crippen molar-refractivity contribution >= 4 is 25.7 Å². The van der Waals surface area contributed by atoms with E-state index in [-0.39, 0.29) is 16.4 Å². The van der Waals surface area contributed by atoms with Crippen LogP contribution in [-0.4, -0.2) is 53.1 Å². The van der Waals surface area contributed by atoms with E-state index >= 15 is 0 Å². The minimum Gasteiger partial charge on any atom is -0.492 e. The Morgan fingerprint density at radius 3 is 2.38 bits per heavy atom. The molecule has 2 aliphatic heterocycles. The summed E-state index contributed by atoms with van der Waals surface area (Å²) >= 11 is 0. The van der Waals surface area contributed by atoms with Crippen molar-refractivity contribution in [3.05, 3.63) is 18.2 Å². The van der Waals surface area contributed by atoms with Crippen LogP contribution in [0.3, 0.4) is 0 Å². The Morgan fingerprint density at radius 1 is 1.04 bits per heavy atom. The van der Waals surface area contributed by atoms with Crippen molar-refractivity contribution in [2.24, 2.45) is 0 Å². The maximum absolute atomic E-state index is 13.2. The number of rotatable bonds is 5. The fourth-order valence-corrected chi connectivity index (χ4v) is 6.75. The zero-order valence-electron chi connectivity index (χ0n) is 15.1. The molecule has 0 unspecified atom stereocenters. The van der Waals surface area contributed by atoms with Gasteiger partial charge < -0.3 is 4.74 Å². The molecule has 0 radical (unpaired) electrons. The van der Waals surface area contributed by atoms with E-state index in [9.17, 15) is 16.8 Å². The first kappa shape index (κ1) is 19.4. The number of piperidine rings is 1. The molecule has 0 atom stereocenters. The van der Waals surface area contributed by atoms with Gasteiger partial charge in [-0.1, -0.05) is 6.42 Å². The largest absolute Gasteiger partial charge is 0.492 e. The lowest BCUT2D eigenvalue weighted by atomic mass is 10.2. The summed E-state index contributed by atoms with van der Waals surface area (Å²) in [6.45, 7) is 3.48. The number of sulfonamides is 2. The molecule has 0 aliphatic carbocycles. The van der Waals surface area contributed by atoms with Gasteiger partial charge >= 0.3 is 0 Å². The molecule has 0 aromatic heterocycles. The first-order valence-corrected chi connectivity index (χ1v) is 12.2. The molecule has 7 nitrogen and oxygen atoms in total. The average Bonchev–Trinajstić information content (AvgIpc) is 2.63. The van der Waals surface area contributed by atoms with Gasteiger partial charge in [-0.2, -0.15) is 4.31 Å². The molecule has 1 aromatic rings. The number of hydrogen-bond donors (Lipinski definition) is 0. The summed E-state index contributed by atoms with van der Waals surface area (Å²) < 4.78 is 59.4. The summed E-state index contributed by atoms with van der Waals surface area (Å²) in [5.74, 6) is 0.366. The van der Waals surface area contributed by atoms with E-state index < -0.39 is 20.0 Å². The van der Waals surface area contributed by atoms with Crippen LogP contribution in [0.1, 0.15) is 39.0 Å². The Balaban J connectivity index is 2.04. The maximum atomic E-state index is 13.2. The van der Waals surface area contributed by atoms with E-state index in [2.05, 4.69) is 0 Å². The van der Waals surface area contributed by atoms with Gasteiger partial charge in [-0.05, 0) is 50.8 Å². The Labute approximate surface area is 156 Å². The second kappa shape index (κ2) is 7.74. The molecular weight excluding hydrogens is 376 g/mol. The Morgan fingerprint density at radius 2 is 1.73 bits per heavy atom. The third-order valence-corrected chi connectivity index (χ3v) is 8.59. The normalized spacial score (nSPS) is 21.5. The lowest BCUT2D eigenvalue weighted by Crippen LogP contribution is -2.38. The van der Waals surface area contributed by atoms with E-state index in [4.69, 9.17) is 4.74 Å². The molecule has 3 rings (SSSR count). The van der Waals surface area contributed by atoms with Crippen molar-refractivity contribution in [1.82, 2.24) is 4.31 Å². The third-order valence-electron chi connectivity index (χ3n) is 4.80. The fraction of sp³-hybridized carbons (Fsp3) is 0.647. The smallest absolute Gasteiger partial charge is 0.246 e. The van der Waals surface area contributed by atoms with Gasteiger partial charge in [0, 0.05) is 19.6 Å². The number of ether oxygens (including phenoxy) is 1. The van der Waals surface area contributed by atoms with Gasteiger partial charge in [0.1, 0.15) is 10.6 Å². The van der Waals surface area contributed by atoms with E-state index in [1.807, 2.05) is 0 Å². The van der Waals surface area contributed by atoms with Gasteiger partial charge in [0.15, 0.2) is 0 Å². The summed E-state index contributed by atoms with van der Waals surface area (Å²) in [6, 6.07) is 4.65. The molecule has 26 heavy (non-hydrogen) atoms. The monoisotopic (exact) mass is 402 g/mol. The average molecular weight is 403 g/mol. The van der Waals surface area contributed by atoms with Crippen LogP contribution in [0.4, 0.5) is 5.69 Å².